The molecule has 5 rings (SSSR count). The third kappa shape index (κ3) is 4.40. The van der Waals surface area contributed by atoms with Crippen LogP contribution in [0.1, 0.15) is 70.3 Å². The molecule has 6 heteroatoms. The number of nitrogens with one attached hydrogen (secondary N) is 1. The van der Waals surface area contributed by atoms with Gasteiger partial charge in [0.1, 0.15) is 6.04 Å². The molecule has 1 aromatic carbocycles. The number of amides is 1. The second-order valence-corrected chi connectivity index (χ2v) is 10.8. The monoisotopic (exact) mass is 455 g/mol. The van der Waals surface area contributed by atoms with Crippen LogP contribution >= 0.6 is 22.9 Å². The van der Waals surface area contributed by atoms with Gasteiger partial charge in [-0.3, -0.25) is 4.79 Å². The van der Waals surface area contributed by atoms with Crippen LogP contribution in [-0.2, 0) is 4.79 Å². The van der Waals surface area contributed by atoms with E-state index in [1.54, 1.807) is 0 Å². The van der Waals surface area contributed by atoms with Crippen LogP contribution in [0.2, 0.25) is 4.34 Å². The predicted octanol–water partition coefficient (Wildman–Crippen LogP) is 6.99. The summed E-state index contributed by atoms with van der Waals surface area (Å²) in [6, 6.07) is 12.2. The normalized spacial score (nSPS) is 19.5. The number of carbonyl (C=O) groups is 1. The molecule has 0 spiro atoms. The zero-order valence-corrected chi connectivity index (χ0v) is 19.4. The Bertz CT molecular complexity index is 1050. The van der Waals surface area contributed by atoms with Crippen molar-refractivity contribution in [1.82, 2.24) is 14.9 Å². The van der Waals surface area contributed by atoms with Gasteiger partial charge in [-0.15, -0.1) is 11.3 Å². The van der Waals surface area contributed by atoms with Crippen LogP contribution in [0.25, 0.3) is 21.7 Å². The van der Waals surface area contributed by atoms with Gasteiger partial charge in [-0.05, 0) is 55.9 Å². The van der Waals surface area contributed by atoms with E-state index in [2.05, 4.69) is 16.0 Å². The number of thiophene rings is 1. The summed E-state index contributed by atoms with van der Waals surface area (Å²) in [7, 11) is 0. The maximum atomic E-state index is 13.9. The Kier molecular flexibility index (Phi) is 6.33. The van der Waals surface area contributed by atoms with Crippen LogP contribution in [0.5, 0.6) is 0 Å². The van der Waals surface area contributed by atoms with Crippen molar-refractivity contribution in [2.45, 2.75) is 76.3 Å². The second kappa shape index (κ2) is 9.33. The minimum Gasteiger partial charge on any atom is -0.352 e. The van der Waals surface area contributed by atoms with Gasteiger partial charge in [0.05, 0.1) is 20.2 Å². The highest BCUT2D eigenvalue weighted by molar-refractivity contribution is 7.19. The molecule has 1 unspecified atom stereocenters. The van der Waals surface area contributed by atoms with Gasteiger partial charge >= 0.3 is 0 Å². The van der Waals surface area contributed by atoms with Gasteiger partial charge in [-0.25, -0.2) is 4.98 Å². The average Bonchev–Trinajstić information content (AvgIpc) is 3.39. The van der Waals surface area contributed by atoms with E-state index >= 15 is 0 Å². The maximum Gasteiger partial charge on any atom is 0.243 e. The van der Waals surface area contributed by atoms with Crippen LogP contribution in [0.3, 0.4) is 0 Å². The van der Waals surface area contributed by atoms with Gasteiger partial charge in [0.15, 0.2) is 5.82 Å². The lowest BCUT2D eigenvalue weighted by atomic mass is 9.82. The number of halogens is 1. The summed E-state index contributed by atoms with van der Waals surface area (Å²) < 4.78 is 2.97. The highest BCUT2D eigenvalue weighted by atomic mass is 35.5. The van der Waals surface area contributed by atoms with Gasteiger partial charge in [-0.1, -0.05) is 62.3 Å². The Labute approximate surface area is 193 Å². The summed E-state index contributed by atoms with van der Waals surface area (Å²) in [5.41, 5.74) is 1.98. The Morgan fingerprint density at radius 3 is 2.42 bits per heavy atom. The summed E-state index contributed by atoms with van der Waals surface area (Å²) in [6.07, 6.45) is 11.8. The molecule has 2 saturated carbocycles. The van der Waals surface area contributed by atoms with E-state index in [1.165, 1.54) is 49.9 Å². The standard InChI is InChI=1S/C25H30ClN3OS/c26-22-16-15-21(31-22)24-28-19-13-7-8-14-20(19)29(24)23(17-9-3-1-4-10-17)25(30)27-18-11-5-2-6-12-18/h7-8,13-18,23H,1-6,9-12H2,(H,27,30). The van der Waals surface area contributed by atoms with E-state index in [1.807, 2.05) is 30.3 Å². The fraction of sp³-hybridized carbons (Fsp3) is 0.520. The number of nitrogens with zero attached hydrogens (tertiary/aromatic N) is 2. The van der Waals surface area contributed by atoms with Crippen LogP contribution < -0.4 is 5.32 Å². The van der Waals surface area contributed by atoms with Crippen molar-refractivity contribution in [3.63, 3.8) is 0 Å². The zero-order chi connectivity index (χ0) is 21.2. The first-order valence-electron chi connectivity index (χ1n) is 11.7. The molecule has 2 aromatic heterocycles. The van der Waals surface area contributed by atoms with Crippen LogP contribution in [0.4, 0.5) is 0 Å². The van der Waals surface area contributed by atoms with Gasteiger partial charge in [0, 0.05) is 6.04 Å². The van der Waals surface area contributed by atoms with E-state index in [4.69, 9.17) is 16.6 Å². The third-order valence-electron chi connectivity index (χ3n) is 6.98. The molecule has 2 aliphatic carbocycles. The van der Waals surface area contributed by atoms with E-state index in [-0.39, 0.29) is 11.9 Å². The third-order valence-corrected chi connectivity index (χ3v) is 8.21. The van der Waals surface area contributed by atoms with Gasteiger partial charge in [-0.2, -0.15) is 0 Å². The molecule has 3 aromatic rings. The molecule has 31 heavy (non-hydrogen) atoms. The summed E-state index contributed by atoms with van der Waals surface area (Å²) in [6.45, 7) is 0. The molecule has 164 valence electrons. The molecular formula is C25H30ClN3OS. The van der Waals surface area contributed by atoms with Crippen LogP contribution in [-0.4, -0.2) is 21.5 Å². The molecule has 1 N–H and O–H groups in total. The summed E-state index contributed by atoms with van der Waals surface area (Å²) in [5.74, 6) is 1.38. The molecule has 0 aliphatic heterocycles. The molecule has 1 atom stereocenters. The minimum absolute atomic E-state index is 0.172. The minimum atomic E-state index is -0.231. The van der Waals surface area contributed by atoms with Crippen molar-refractivity contribution in [3.8, 4) is 10.7 Å². The molecule has 2 fully saturated rings. The number of rotatable bonds is 5. The first-order valence-corrected chi connectivity index (χ1v) is 12.9. The fourth-order valence-corrected chi connectivity index (χ4v) is 6.49. The van der Waals surface area contributed by atoms with Crippen molar-refractivity contribution in [2.24, 2.45) is 5.92 Å². The SMILES string of the molecule is O=C(NC1CCCCC1)C(C1CCCCC1)n1c(-c2ccc(Cl)s2)nc2ccccc21. The molecule has 4 nitrogen and oxygen atoms in total. The van der Waals surface area contributed by atoms with E-state index < -0.39 is 0 Å². The first kappa shape index (κ1) is 21.0. The highest BCUT2D eigenvalue weighted by Gasteiger charge is 2.35. The largest absolute Gasteiger partial charge is 0.352 e. The number of hydrogen-bond donors (Lipinski definition) is 1. The molecule has 2 aliphatic rings. The lowest BCUT2D eigenvalue weighted by Crippen LogP contribution is -2.43. The number of carbonyl (C=O) groups excluding carboxylic acids is 1. The van der Waals surface area contributed by atoms with Crippen LogP contribution in [0.15, 0.2) is 36.4 Å². The molecule has 0 radical (unpaired) electrons. The molecule has 0 saturated heterocycles. The molecule has 0 bridgehead atoms. The topological polar surface area (TPSA) is 46.9 Å². The number of imidazole rings is 1. The number of para-hydroxylation sites is 2. The molecular weight excluding hydrogens is 426 g/mol. The van der Waals surface area contributed by atoms with Crippen molar-refractivity contribution < 1.29 is 4.79 Å². The van der Waals surface area contributed by atoms with Crippen LogP contribution in [0, 0.1) is 5.92 Å². The van der Waals surface area contributed by atoms with E-state index in [0.29, 0.717) is 12.0 Å². The Balaban J connectivity index is 1.60. The average molecular weight is 456 g/mol. The number of benzene rings is 1. The van der Waals surface area contributed by atoms with Gasteiger partial charge < -0.3 is 9.88 Å². The van der Waals surface area contributed by atoms with Crippen molar-refractivity contribution in [1.29, 1.82) is 0 Å². The smallest absolute Gasteiger partial charge is 0.243 e. The molecule has 2 heterocycles. The van der Waals surface area contributed by atoms with E-state index in [9.17, 15) is 4.79 Å². The number of aromatic nitrogens is 2. The zero-order valence-electron chi connectivity index (χ0n) is 17.9. The number of fused-ring (bicyclic) bond motifs is 1. The number of hydrogen-bond acceptors (Lipinski definition) is 3. The predicted molar refractivity (Wildman–Crippen MR) is 129 cm³/mol. The molecule has 1 amide bonds. The maximum absolute atomic E-state index is 13.9. The van der Waals surface area contributed by atoms with Crippen molar-refractivity contribution in [3.05, 3.63) is 40.7 Å². The summed E-state index contributed by atoms with van der Waals surface area (Å²) in [4.78, 5) is 19.9. The Hall–Kier alpha value is -1.85. The van der Waals surface area contributed by atoms with Crippen molar-refractivity contribution >= 4 is 39.9 Å². The quantitative estimate of drug-likeness (QED) is 0.450. The van der Waals surface area contributed by atoms with Gasteiger partial charge in [0.2, 0.25) is 5.91 Å². The summed E-state index contributed by atoms with van der Waals surface area (Å²) in [5, 5.41) is 3.44. The summed E-state index contributed by atoms with van der Waals surface area (Å²) >= 11 is 7.82. The van der Waals surface area contributed by atoms with E-state index in [0.717, 1.165) is 51.8 Å². The lowest BCUT2D eigenvalue weighted by Gasteiger charge is -2.33. The van der Waals surface area contributed by atoms with Gasteiger partial charge in [0.25, 0.3) is 0 Å². The Morgan fingerprint density at radius 2 is 1.71 bits per heavy atom. The second-order valence-electron chi connectivity index (χ2n) is 9.08. The fourth-order valence-electron chi connectivity index (χ4n) is 5.46. The van der Waals surface area contributed by atoms with Crippen molar-refractivity contribution in [2.75, 3.05) is 0 Å². The highest BCUT2D eigenvalue weighted by Crippen LogP contribution is 2.40. The first-order chi connectivity index (χ1) is 15.2. The lowest BCUT2D eigenvalue weighted by molar-refractivity contribution is -0.127. The Morgan fingerprint density at radius 1 is 1.00 bits per heavy atom.